The first-order chi connectivity index (χ1) is 8.83. The fourth-order valence-corrected chi connectivity index (χ4v) is 3.89. The summed E-state index contributed by atoms with van der Waals surface area (Å²) in [4.78, 5) is 12.2. The Morgan fingerprint density at radius 3 is 2.53 bits per heavy atom. The third-order valence-electron chi connectivity index (χ3n) is 5.46. The highest BCUT2D eigenvalue weighted by Crippen LogP contribution is 2.59. The van der Waals surface area contributed by atoms with Crippen LogP contribution >= 0.6 is 0 Å². The topological polar surface area (TPSA) is 35.5 Å². The van der Waals surface area contributed by atoms with Crippen LogP contribution < -0.4 is 0 Å². The van der Waals surface area contributed by atoms with Gasteiger partial charge in [0, 0.05) is 6.61 Å². The van der Waals surface area contributed by atoms with Crippen LogP contribution in [0.3, 0.4) is 0 Å². The number of esters is 1. The molecule has 110 valence electrons. The SMILES string of the molecule is COC(=O)[C@@H]1C[C@@]2(C)CC[C@@]1(OCC(C)C)C[C@@H]2C. The maximum atomic E-state index is 12.2. The van der Waals surface area contributed by atoms with Crippen molar-refractivity contribution in [3.05, 3.63) is 0 Å². The Bertz CT molecular complexity index is 352. The van der Waals surface area contributed by atoms with Crippen LogP contribution in [0.4, 0.5) is 0 Å². The van der Waals surface area contributed by atoms with Gasteiger partial charge in [0.1, 0.15) is 0 Å². The summed E-state index contributed by atoms with van der Waals surface area (Å²) in [5.41, 5.74) is 0.0103. The van der Waals surface area contributed by atoms with Gasteiger partial charge in [-0.3, -0.25) is 4.79 Å². The normalized spacial score (nSPS) is 41.6. The van der Waals surface area contributed by atoms with Gasteiger partial charge in [0.2, 0.25) is 0 Å². The summed E-state index contributed by atoms with van der Waals surface area (Å²) in [6.07, 6.45) is 4.08. The van der Waals surface area contributed by atoms with E-state index in [0.717, 1.165) is 25.9 Å². The van der Waals surface area contributed by atoms with Gasteiger partial charge in [-0.05, 0) is 42.9 Å². The summed E-state index contributed by atoms with van der Waals surface area (Å²) >= 11 is 0. The molecule has 3 heteroatoms. The molecule has 3 aliphatic carbocycles. The first kappa shape index (κ1) is 14.8. The van der Waals surface area contributed by atoms with Gasteiger partial charge in [-0.25, -0.2) is 0 Å². The summed E-state index contributed by atoms with van der Waals surface area (Å²) in [6.45, 7) is 9.67. The third-order valence-corrected chi connectivity index (χ3v) is 5.46. The molecule has 2 bridgehead atoms. The van der Waals surface area contributed by atoms with Crippen molar-refractivity contribution in [2.24, 2.45) is 23.2 Å². The third kappa shape index (κ3) is 2.54. The molecule has 0 N–H and O–H groups in total. The average molecular weight is 268 g/mol. The van der Waals surface area contributed by atoms with Gasteiger partial charge in [0.05, 0.1) is 18.6 Å². The summed E-state index contributed by atoms with van der Waals surface area (Å²) in [6, 6.07) is 0. The van der Waals surface area contributed by atoms with Gasteiger partial charge >= 0.3 is 5.97 Å². The number of rotatable bonds is 4. The fourth-order valence-electron chi connectivity index (χ4n) is 3.89. The Hall–Kier alpha value is -0.570. The first-order valence-electron chi connectivity index (χ1n) is 7.55. The van der Waals surface area contributed by atoms with E-state index in [2.05, 4.69) is 27.7 Å². The van der Waals surface area contributed by atoms with E-state index in [4.69, 9.17) is 9.47 Å². The van der Waals surface area contributed by atoms with Crippen LogP contribution in [-0.2, 0) is 14.3 Å². The minimum atomic E-state index is -0.269. The zero-order chi connectivity index (χ0) is 14.3. The quantitative estimate of drug-likeness (QED) is 0.733. The lowest BCUT2D eigenvalue weighted by atomic mass is 9.50. The molecule has 0 radical (unpaired) electrons. The lowest BCUT2D eigenvalue weighted by Gasteiger charge is -2.58. The number of carbonyl (C=O) groups excluding carboxylic acids is 1. The number of ether oxygens (including phenoxy) is 2. The molecule has 0 aromatic carbocycles. The lowest BCUT2D eigenvalue weighted by Crippen LogP contribution is -2.59. The van der Waals surface area contributed by atoms with Gasteiger partial charge in [0.15, 0.2) is 0 Å². The maximum absolute atomic E-state index is 12.2. The standard InChI is InChI=1S/C16H28O3/c1-11(2)10-19-16-7-6-15(4,12(3)8-16)9-13(16)14(17)18-5/h11-13H,6-10H2,1-5H3/t12-,13-,15+,16+/m0/s1. The van der Waals surface area contributed by atoms with E-state index in [1.807, 2.05) is 0 Å². The highest BCUT2D eigenvalue weighted by molar-refractivity contribution is 5.74. The Balaban J connectivity index is 2.23. The molecule has 0 unspecified atom stereocenters. The van der Waals surface area contributed by atoms with Crippen molar-refractivity contribution >= 4 is 5.97 Å². The zero-order valence-electron chi connectivity index (χ0n) is 13.0. The molecule has 3 saturated carbocycles. The Morgan fingerprint density at radius 1 is 1.32 bits per heavy atom. The smallest absolute Gasteiger partial charge is 0.311 e. The van der Waals surface area contributed by atoms with Crippen LogP contribution in [0.2, 0.25) is 0 Å². The van der Waals surface area contributed by atoms with Gasteiger partial charge in [-0.15, -0.1) is 0 Å². The summed E-state index contributed by atoms with van der Waals surface area (Å²) in [5, 5.41) is 0. The molecular weight excluding hydrogens is 240 g/mol. The maximum Gasteiger partial charge on any atom is 0.311 e. The number of hydrogen-bond donors (Lipinski definition) is 0. The Labute approximate surface area is 117 Å². The molecule has 19 heavy (non-hydrogen) atoms. The largest absolute Gasteiger partial charge is 0.469 e. The molecule has 0 spiro atoms. The van der Waals surface area contributed by atoms with E-state index in [9.17, 15) is 4.79 Å². The highest BCUT2D eigenvalue weighted by Gasteiger charge is 2.59. The van der Waals surface area contributed by atoms with Crippen molar-refractivity contribution in [1.29, 1.82) is 0 Å². The molecule has 0 heterocycles. The van der Waals surface area contributed by atoms with E-state index in [1.165, 1.54) is 13.5 Å². The number of hydrogen-bond acceptors (Lipinski definition) is 3. The molecule has 4 atom stereocenters. The van der Waals surface area contributed by atoms with Gasteiger partial charge in [-0.2, -0.15) is 0 Å². The van der Waals surface area contributed by atoms with Crippen LogP contribution in [0.5, 0.6) is 0 Å². The molecule has 0 aliphatic heterocycles. The van der Waals surface area contributed by atoms with E-state index in [1.54, 1.807) is 0 Å². The first-order valence-corrected chi connectivity index (χ1v) is 7.55. The predicted molar refractivity (Wildman–Crippen MR) is 74.8 cm³/mol. The second-order valence-corrected chi connectivity index (χ2v) is 7.31. The molecule has 0 amide bonds. The van der Waals surface area contributed by atoms with Crippen LogP contribution in [0, 0.1) is 23.2 Å². The van der Waals surface area contributed by atoms with Gasteiger partial charge < -0.3 is 9.47 Å². The van der Waals surface area contributed by atoms with Crippen molar-refractivity contribution in [3.8, 4) is 0 Å². The molecule has 0 aromatic heterocycles. The van der Waals surface area contributed by atoms with Crippen molar-refractivity contribution < 1.29 is 14.3 Å². The minimum Gasteiger partial charge on any atom is -0.469 e. The van der Waals surface area contributed by atoms with E-state index < -0.39 is 0 Å². The van der Waals surface area contributed by atoms with Crippen LogP contribution in [0.25, 0.3) is 0 Å². The van der Waals surface area contributed by atoms with E-state index >= 15 is 0 Å². The number of carbonyl (C=O) groups is 1. The molecule has 3 fully saturated rings. The summed E-state index contributed by atoms with van der Waals surface area (Å²) in [7, 11) is 1.49. The lowest BCUT2D eigenvalue weighted by molar-refractivity contribution is -0.209. The Kier molecular flexibility index (Phi) is 3.97. The van der Waals surface area contributed by atoms with Crippen molar-refractivity contribution in [3.63, 3.8) is 0 Å². The van der Waals surface area contributed by atoms with Crippen LogP contribution in [0.15, 0.2) is 0 Å². The summed E-state index contributed by atoms with van der Waals surface area (Å²) in [5.74, 6) is 0.959. The Morgan fingerprint density at radius 2 is 2.00 bits per heavy atom. The molecule has 0 saturated heterocycles. The number of fused-ring (bicyclic) bond motifs is 3. The number of methoxy groups -OCH3 is 1. The summed E-state index contributed by atoms with van der Waals surface area (Å²) < 4.78 is 11.3. The second-order valence-electron chi connectivity index (χ2n) is 7.31. The van der Waals surface area contributed by atoms with E-state index in [-0.39, 0.29) is 22.9 Å². The van der Waals surface area contributed by atoms with E-state index in [0.29, 0.717) is 11.8 Å². The second kappa shape index (κ2) is 5.08. The highest BCUT2D eigenvalue weighted by atomic mass is 16.5. The molecule has 0 aromatic rings. The van der Waals surface area contributed by atoms with Crippen molar-refractivity contribution in [1.82, 2.24) is 0 Å². The molecule has 3 aliphatic rings. The molecular formula is C16H28O3. The molecule has 3 rings (SSSR count). The van der Waals surface area contributed by atoms with Gasteiger partial charge in [0.25, 0.3) is 0 Å². The zero-order valence-corrected chi connectivity index (χ0v) is 13.0. The van der Waals surface area contributed by atoms with Crippen molar-refractivity contribution in [2.45, 2.75) is 59.0 Å². The molecule has 3 nitrogen and oxygen atoms in total. The van der Waals surface area contributed by atoms with Crippen LogP contribution in [0.1, 0.15) is 53.4 Å². The monoisotopic (exact) mass is 268 g/mol. The van der Waals surface area contributed by atoms with Gasteiger partial charge in [-0.1, -0.05) is 27.7 Å². The predicted octanol–water partition coefficient (Wildman–Crippen LogP) is 3.42. The average Bonchev–Trinajstić information content (AvgIpc) is 2.37. The fraction of sp³-hybridized carbons (Fsp3) is 0.938. The van der Waals surface area contributed by atoms with Crippen molar-refractivity contribution in [2.75, 3.05) is 13.7 Å². The minimum absolute atomic E-state index is 0.0776. The van der Waals surface area contributed by atoms with Crippen LogP contribution in [-0.4, -0.2) is 25.3 Å².